The number of rotatable bonds is 8. The van der Waals surface area contributed by atoms with Gasteiger partial charge in [0.1, 0.15) is 17.8 Å². The quantitative estimate of drug-likeness (QED) is 0.218. The van der Waals surface area contributed by atoms with Gasteiger partial charge < -0.3 is 9.47 Å². The molecule has 13 heteroatoms. The first-order valence-electron chi connectivity index (χ1n) is 12.4. The number of carbonyl (C=O) groups excluding carboxylic acids is 1. The van der Waals surface area contributed by atoms with E-state index in [2.05, 4.69) is 25.3 Å². The molecule has 9 nitrogen and oxygen atoms in total. The molecule has 212 valence electrons. The van der Waals surface area contributed by atoms with Crippen LogP contribution in [0.3, 0.4) is 0 Å². The summed E-state index contributed by atoms with van der Waals surface area (Å²) in [4.78, 5) is 18.8. The zero-order valence-electron chi connectivity index (χ0n) is 22.2. The van der Waals surface area contributed by atoms with Gasteiger partial charge in [0.15, 0.2) is 11.3 Å². The number of aryl methyl sites for hydroxylation is 2. The Hall–Kier alpha value is -4.52. The molecule has 41 heavy (non-hydrogen) atoms. The minimum Gasteiger partial charge on any atom is -0.497 e. The number of amides is 1. The largest absolute Gasteiger partial charge is 0.573 e. The lowest BCUT2D eigenvalue weighted by atomic mass is 10.1. The molecule has 1 aromatic heterocycles. The van der Waals surface area contributed by atoms with Crippen LogP contribution in [0.4, 0.5) is 18.9 Å². The van der Waals surface area contributed by atoms with E-state index < -0.39 is 6.36 Å². The Morgan fingerprint density at radius 1 is 1.05 bits per heavy atom. The van der Waals surface area contributed by atoms with E-state index in [9.17, 15) is 18.0 Å². The van der Waals surface area contributed by atoms with Crippen LogP contribution in [0.15, 0.2) is 72.1 Å². The van der Waals surface area contributed by atoms with Gasteiger partial charge in [-0.3, -0.25) is 15.1 Å². The van der Waals surface area contributed by atoms with E-state index in [-0.39, 0.29) is 17.2 Å². The van der Waals surface area contributed by atoms with Crippen molar-refractivity contribution in [2.75, 3.05) is 17.8 Å². The molecular formula is C28H25F3N6O3S. The number of ether oxygens (including phenoxy) is 2. The molecule has 1 aliphatic rings. The third-order valence-electron chi connectivity index (χ3n) is 6.20. The fraction of sp³-hybridized carbons (Fsp3) is 0.214. The van der Waals surface area contributed by atoms with Crippen molar-refractivity contribution in [2.24, 2.45) is 5.10 Å². The van der Waals surface area contributed by atoms with Crippen molar-refractivity contribution < 1.29 is 27.4 Å². The number of halogens is 3. The first-order valence-corrected chi connectivity index (χ1v) is 13.4. The zero-order valence-corrected chi connectivity index (χ0v) is 23.0. The summed E-state index contributed by atoms with van der Waals surface area (Å²) in [5.74, 6) is 1.22. The summed E-state index contributed by atoms with van der Waals surface area (Å²) in [5.41, 5.74) is 7.55. The average Bonchev–Trinajstić information content (AvgIpc) is 3.56. The number of carbonyl (C=O) groups is 1. The van der Waals surface area contributed by atoms with E-state index in [1.807, 2.05) is 50.2 Å². The topological polar surface area (TPSA) is 93.9 Å². The Morgan fingerprint density at radius 2 is 1.73 bits per heavy atom. The zero-order chi connectivity index (χ0) is 29.1. The van der Waals surface area contributed by atoms with Crippen LogP contribution in [-0.4, -0.2) is 51.6 Å². The fourth-order valence-electron chi connectivity index (χ4n) is 4.39. The number of alkyl halides is 3. The maximum Gasteiger partial charge on any atom is 0.573 e. The molecule has 1 saturated heterocycles. The van der Waals surface area contributed by atoms with Crippen molar-refractivity contribution in [2.45, 2.75) is 25.7 Å². The predicted octanol–water partition coefficient (Wildman–Crippen LogP) is 5.45. The summed E-state index contributed by atoms with van der Waals surface area (Å²) in [7, 11) is 1.61. The summed E-state index contributed by atoms with van der Waals surface area (Å²) in [6.07, 6.45) is -1.61. The number of hydrogen-bond donors (Lipinski definition) is 1. The molecule has 5 rings (SSSR count). The Labute approximate surface area is 238 Å². The predicted molar refractivity (Wildman–Crippen MR) is 150 cm³/mol. The lowest BCUT2D eigenvalue weighted by Crippen LogP contribution is -2.40. The number of methoxy groups -OCH3 is 1. The summed E-state index contributed by atoms with van der Waals surface area (Å²) < 4.78 is 47.9. The van der Waals surface area contributed by atoms with Gasteiger partial charge in [-0.25, -0.2) is 9.67 Å². The number of aromatic nitrogens is 3. The van der Waals surface area contributed by atoms with Gasteiger partial charge in [0.05, 0.1) is 30.5 Å². The van der Waals surface area contributed by atoms with E-state index in [1.54, 1.807) is 18.2 Å². The van der Waals surface area contributed by atoms with Crippen LogP contribution < -0.4 is 19.8 Å². The van der Waals surface area contributed by atoms with Crippen LogP contribution in [-0.2, 0) is 4.79 Å². The summed E-state index contributed by atoms with van der Waals surface area (Å²) in [6.45, 7) is 3.90. The van der Waals surface area contributed by atoms with Gasteiger partial charge in [0.2, 0.25) is 5.91 Å². The van der Waals surface area contributed by atoms with Crippen LogP contribution in [0.25, 0.3) is 17.1 Å². The minimum absolute atomic E-state index is 0.000871. The highest BCUT2D eigenvalue weighted by Crippen LogP contribution is 2.36. The SMILES string of the molecule is COc1cc(C)c(N2C(=O)CSC2N/N=C/c2ccc(-c3ncn(-c4ccc(OC(F)(F)F)cc4)n3)cc2)c(C)c1. The highest BCUT2D eigenvalue weighted by atomic mass is 32.2. The van der Waals surface area contributed by atoms with E-state index >= 15 is 0 Å². The van der Waals surface area contributed by atoms with E-state index in [0.717, 1.165) is 33.7 Å². The van der Waals surface area contributed by atoms with Gasteiger partial charge in [0, 0.05) is 5.56 Å². The molecule has 1 aliphatic heterocycles. The Bertz CT molecular complexity index is 1550. The third kappa shape index (κ3) is 6.46. The Kier molecular flexibility index (Phi) is 7.88. The van der Waals surface area contributed by atoms with Crippen molar-refractivity contribution in [3.63, 3.8) is 0 Å². The van der Waals surface area contributed by atoms with E-state index in [1.165, 1.54) is 47.0 Å². The fourth-order valence-corrected chi connectivity index (χ4v) is 5.34. The number of nitrogens with zero attached hydrogens (tertiary/aromatic N) is 5. The van der Waals surface area contributed by atoms with Crippen molar-refractivity contribution >= 4 is 29.6 Å². The molecule has 0 radical (unpaired) electrons. The second-order valence-electron chi connectivity index (χ2n) is 9.10. The number of thioether (sulfide) groups is 1. The van der Waals surface area contributed by atoms with Crippen molar-refractivity contribution in [1.82, 2.24) is 20.2 Å². The number of benzene rings is 3. The molecule has 4 aromatic rings. The molecule has 0 spiro atoms. The van der Waals surface area contributed by atoms with Crippen molar-refractivity contribution in [1.29, 1.82) is 0 Å². The average molecular weight is 583 g/mol. The number of anilines is 1. The molecule has 0 saturated carbocycles. The molecule has 1 unspecified atom stereocenters. The lowest BCUT2D eigenvalue weighted by molar-refractivity contribution is -0.274. The highest BCUT2D eigenvalue weighted by molar-refractivity contribution is 8.01. The van der Waals surface area contributed by atoms with E-state index in [4.69, 9.17) is 4.74 Å². The van der Waals surface area contributed by atoms with Gasteiger partial charge in [-0.1, -0.05) is 24.3 Å². The minimum atomic E-state index is -4.75. The standard InChI is InChI=1S/C28H25F3N6O3S/c1-17-12-23(39-3)13-18(2)25(17)37-24(38)15-41-27(37)34-33-14-19-4-6-20(7-5-19)26-32-16-36(35-26)21-8-10-22(11-9-21)40-28(29,30)31/h4-14,16,27,34H,15H2,1-3H3/b33-14+. The molecule has 1 N–H and O–H groups in total. The van der Waals surface area contributed by atoms with Crippen LogP contribution in [0, 0.1) is 13.8 Å². The normalized spacial score (nSPS) is 15.5. The molecule has 1 atom stereocenters. The molecule has 0 aliphatic carbocycles. The van der Waals surface area contributed by atoms with Crippen molar-refractivity contribution in [3.8, 4) is 28.6 Å². The maximum atomic E-state index is 12.7. The van der Waals surface area contributed by atoms with Gasteiger partial charge in [-0.05, 0) is 66.9 Å². The first-order chi connectivity index (χ1) is 19.6. The van der Waals surface area contributed by atoms with Gasteiger partial charge in [-0.2, -0.15) is 5.10 Å². The molecular weight excluding hydrogens is 557 g/mol. The first kappa shape index (κ1) is 28.0. The molecule has 0 bridgehead atoms. The third-order valence-corrected chi connectivity index (χ3v) is 7.25. The second kappa shape index (κ2) is 11.5. The number of hydrogen-bond acceptors (Lipinski definition) is 8. The summed E-state index contributed by atoms with van der Waals surface area (Å²) in [6, 6.07) is 16.5. The van der Waals surface area contributed by atoms with Crippen LogP contribution >= 0.6 is 11.8 Å². The van der Waals surface area contributed by atoms with Crippen LogP contribution in [0.2, 0.25) is 0 Å². The maximum absolute atomic E-state index is 12.7. The van der Waals surface area contributed by atoms with Crippen molar-refractivity contribution in [3.05, 3.63) is 83.7 Å². The second-order valence-corrected chi connectivity index (χ2v) is 10.2. The van der Waals surface area contributed by atoms with Gasteiger partial charge in [0.25, 0.3) is 0 Å². The van der Waals surface area contributed by atoms with Gasteiger partial charge >= 0.3 is 6.36 Å². The van der Waals surface area contributed by atoms with E-state index in [0.29, 0.717) is 17.3 Å². The number of hydrazone groups is 1. The van der Waals surface area contributed by atoms with Gasteiger partial charge in [-0.15, -0.1) is 30.0 Å². The highest BCUT2D eigenvalue weighted by Gasteiger charge is 2.35. The smallest absolute Gasteiger partial charge is 0.497 e. The molecule has 1 amide bonds. The Morgan fingerprint density at radius 3 is 2.37 bits per heavy atom. The molecule has 2 heterocycles. The molecule has 1 fully saturated rings. The monoisotopic (exact) mass is 582 g/mol. The lowest BCUT2D eigenvalue weighted by Gasteiger charge is -2.27. The Balaban J connectivity index is 1.23. The summed E-state index contributed by atoms with van der Waals surface area (Å²) >= 11 is 1.46. The summed E-state index contributed by atoms with van der Waals surface area (Å²) in [5, 5.41) is 8.79. The van der Waals surface area contributed by atoms with Crippen LogP contribution in [0.5, 0.6) is 11.5 Å². The van der Waals surface area contributed by atoms with Crippen LogP contribution in [0.1, 0.15) is 16.7 Å². The molecule has 3 aromatic carbocycles. The number of nitrogens with one attached hydrogen (secondary N) is 1.